The number of hydrogen-bond donors (Lipinski definition) is 0. The quantitative estimate of drug-likeness (QED) is 0.711. The number of hydrogen-bond acceptors (Lipinski definition) is 2. The van der Waals surface area contributed by atoms with Crippen LogP contribution in [-0.4, -0.2) is 11.6 Å². The zero-order chi connectivity index (χ0) is 12.0. The molecule has 0 spiro atoms. The molecule has 0 fully saturated rings. The van der Waals surface area contributed by atoms with Crippen LogP contribution < -0.4 is 0 Å². The Morgan fingerprint density at radius 1 is 1.31 bits per heavy atom. The number of benzene rings is 1. The second-order valence-corrected chi connectivity index (χ2v) is 4.38. The Labute approximate surface area is 97.6 Å². The third kappa shape index (κ3) is 4.05. The molecule has 2 heteroatoms. The second kappa shape index (κ2) is 5.69. The Kier molecular flexibility index (Phi) is 4.53. The van der Waals surface area contributed by atoms with Crippen LogP contribution in [0.15, 0.2) is 30.3 Å². The minimum atomic E-state index is -0.332. The van der Waals surface area contributed by atoms with E-state index in [0.29, 0.717) is 0 Å². The standard InChI is InChI=1S/C14H20O2/c1-4-14(3,16-12(2)15)11-10-13-8-6-5-7-9-13/h5-9H,4,10-11H2,1-3H3/t14-/m0/s1. The molecule has 0 saturated carbocycles. The fourth-order valence-electron chi connectivity index (χ4n) is 1.70. The molecule has 0 aromatic heterocycles. The third-order valence-corrected chi connectivity index (χ3v) is 2.92. The van der Waals surface area contributed by atoms with Gasteiger partial charge in [-0.2, -0.15) is 0 Å². The Bertz CT molecular complexity index is 332. The van der Waals surface area contributed by atoms with Crippen molar-refractivity contribution in [3.63, 3.8) is 0 Å². The second-order valence-electron chi connectivity index (χ2n) is 4.38. The third-order valence-electron chi connectivity index (χ3n) is 2.92. The SMILES string of the molecule is CC[C@@](C)(CCc1ccccc1)OC(C)=O. The average Bonchev–Trinajstić information content (AvgIpc) is 2.27. The molecule has 0 aliphatic carbocycles. The minimum absolute atomic E-state index is 0.197. The summed E-state index contributed by atoms with van der Waals surface area (Å²) in [4.78, 5) is 11.0. The molecule has 1 aromatic rings. The normalized spacial score (nSPS) is 14.2. The fourth-order valence-corrected chi connectivity index (χ4v) is 1.70. The molecule has 0 saturated heterocycles. The summed E-state index contributed by atoms with van der Waals surface area (Å²) < 4.78 is 5.37. The average molecular weight is 220 g/mol. The number of carbonyl (C=O) groups is 1. The first kappa shape index (κ1) is 12.8. The molecule has 0 aliphatic rings. The van der Waals surface area contributed by atoms with Gasteiger partial charge in [-0.25, -0.2) is 0 Å². The van der Waals surface area contributed by atoms with Crippen LogP contribution in [0, 0.1) is 0 Å². The Morgan fingerprint density at radius 2 is 1.94 bits per heavy atom. The summed E-state index contributed by atoms with van der Waals surface area (Å²) in [7, 11) is 0. The van der Waals surface area contributed by atoms with Gasteiger partial charge in [-0.05, 0) is 31.7 Å². The van der Waals surface area contributed by atoms with Crippen LogP contribution in [0.4, 0.5) is 0 Å². The Morgan fingerprint density at radius 3 is 2.44 bits per heavy atom. The molecule has 16 heavy (non-hydrogen) atoms. The van der Waals surface area contributed by atoms with Gasteiger partial charge in [0.05, 0.1) is 0 Å². The van der Waals surface area contributed by atoms with Crippen LogP contribution in [-0.2, 0) is 16.0 Å². The topological polar surface area (TPSA) is 26.3 Å². The highest BCUT2D eigenvalue weighted by molar-refractivity contribution is 5.66. The first-order valence-corrected chi connectivity index (χ1v) is 5.79. The summed E-state index contributed by atoms with van der Waals surface area (Å²) in [5.74, 6) is -0.197. The van der Waals surface area contributed by atoms with Crippen molar-refractivity contribution in [2.75, 3.05) is 0 Å². The van der Waals surface area contributed by atoms with Crippen LogP contribution in [0.25, 0.3) is 0 Å². The smallest absolute Gasteiger partial charge is 0.303 e. The first-order chi connectivity index (χ1) is 7.56. The van der Waals surface area contributed by atoms with Crippen molar-refractivity contribution in [1.29, 1.82) is 0 Å². The molecule has 0 amide bonds. The maximum absolute atomic E-state index is 11.0. The van der Waals surface area contributed by atoms with Gasteiger partial charge < -0.3 is 4.74 Å². The lowest BCUT2D eigenvalue weighted by Crippen LogP contribution is -2.30. The van der Waals surface area contributed by atoms with Gasteiger partial charge in [0.25, 0.3) is 0 Å². The molecule has 1 rings (SSSR count). The summed E-state index contributed by atoms with van der Waals surface area (Å²) in [6, 6.07) is 10.3. The highest BCUT2D eigenvalue weighted by Crippen LogP contribution is 2.22. The van der Waals surface area contributed by atoms with E-state index in [9.17, 15) is 4.79 Å². The van der Waals surface area contributed by atoms with E-state index in [1.165, 1.54) is 12.5 Å². The molecule has 0 unspecified atom stereocenters. The van der Waals surface area contributed by atoms with Gasteiger partial charge in [-0.1, -0.05) is 37.3 Å². The van der Waals surface area contributed by atoms with E-state index in [0.717, 1.165) is 19.3 Å². The zero-order valence-corrected chi connectivity index (χ0v) is 10.3. The molecule has 0 heterocycles. The van der Waals surface area contributed by atoms with E-state index in [2.05, 4.69) is 12.1 Å². The van der Waals surface area contributed by atoms with E-state index in [-0.39, 0.29) is 11.6 Å². The fraction of sp³-hybridized carbons (Fsp3) is 0.500. The van der Waals surface area contributed by atoms with E-state index in [4.69, 9.17) is 4.74 Å². The van der Waals surface area contributed by atoms with Crippen molar-refractivity contribution in [3.05, 3.63) is 35.9 Å². The molecular formula is C14H20O2. The van der Waals surface area contributed by atoms with Crippen molar-refractivity contribution < 1.29 is 9.53 Å². The van der Waals surface area contributed by atoms with Crippen molar-refractivity contribution >= 4 is 5.97 Å². The number of ether oxygens (including phenoxy) is 1. The van der Waals surface area contributed by atoms with Gasteiger partial charge >= 0.3 is 5.97 Å². The molecule has 2 nitrogen and oxygen atoms in total. The lowest BCUT2D eigenvalue weighted by atomic mass is 9.94. The molecule has 88 valence electrons. The monoisotopic (exact) mass is 220 g/mol. The van der Waals surface area contributed by atoms with E-state index in [1.807, 2.05) is 32.0 Å². The highest BCUT2D eigenvalue weighted by Gasteiger charge is 2.24. The Hall–Kier alpha value is -1.31. The maximum atomic E-state index is 11.0. The molecule has 0 N–H and O–H groups in total. The lowest BCUT2D eigenvalue weighted by Gasteiger charge is -2.27. The molecule has 0 radical (unpaired) electrons. The highest BCUT2D eigenvalue weighted by atomic mass is 16.6. The predicted molar refractivity (Wildman–Crippen MR) is 65.2 cm³/mol. The maximum Gasteiger partial charge on any atom is 0.303 e. The summed E-state index contributed by atoms with van der Waals surface area (Å²) >= 11 is 0. The Balaban J connectivity index is 2.54. The van der Waals surface area contributed by atoms with Crippen molar-refractivity contribution in [3.8, 4) is 0 Å². The van der Waals surface area contributed by atoms with Crippen molar-refractivity contribution in [1.82, 2.24) is 0 Å². The number of rotatable bonds is 5. The summed E-state index contributed by atoms with van der Waals surface area (Å²) in [5.41, 5.74) is 0.955. The minimum Gasteiger partial charge on any atom is -0.460 e. The van der Waals surface area contributed by atoms with Crippen LogP contribution >= 0.6 is 0 Å². The van der Waals surface area contributed by atoms with Crippen LogP contribution in [0.1, 0.15) is 39.2 Å². The summed E-state index contributed by atoms with van der Waals surface area (Å²) in [5, 5.41) is 0. The van der Waals surface area contributed by atoms with E-state index in [1.54, 1.807) is 0 Å². The lowest BCUT2D eigenvalue weighted by molar-refractivity contribution is -0.156. The van der Waals surface area contributed by atoms with E-state index < -0.39 is 0 Å². The molecule has 1 aromatic carbocycles. The van der Waals surface area contributed by atoms with Crippen molar-refractivity contribution in [2.24, 2.45) is 0 Å². The molecule has 0 bridgehead atoms. The van der Waals surface area contributed by atoms with Crippen LogP contribution in [0.3, 0.4) is 0 Å². The van der Waals surface area contributed by atoms with Crippen molar-refractivity contribution in [2.45, 2.75) is 45.6 Å². The molecular weight excluding hydrogens is 200 g/mol. The van der Waals surface area contributed by atoms with E-state index >= 15 is 0 Å². The van der Waals surface area contributed by atoms with Gasteiger partial charge in [0.2, 0.25) is 0 Å². The predicted octanol–water partition coefficient (Wildman–Crippen LogP) is 3.35. The van der Waals surface area contributed by atoms with Gasteiger partial charge in [-0.3, -0.25) is 4.79 Å². The van der Waals surface area contributed by atoms with Gasteiger partial charge in [0.15, 0.2) is 0 Å². The number of esters is 1. The van der Waals surface area contributed by atoms with Crippen LogP contribution in [0.5, 0.6) is 0 Å². The summed E-state index contributed by atoms with van der Waals surface area (Å²) in [6.45, 7) is 5.52. The zero-order valence-electron chi connectivity index (χ0n) is 10.3. The summed E-state index contributed by atoms with van der Waals surface area (Å²) in [6.07, 6.45) is 2.66. The number of carbonyl (C=O) groups excluding carboxylic acids is 1. The number of aryl methyl sites for hydroxylation is 1. The first-order valence-electron chi connectivity index (χ1n) is 5.79. The molecule has 0 aliphatic heterocycles. The largest absolute Gasteiger partial charge is 0.460 e. The van der Waals surface area contributed by atoms with Gasteiger partial charge in [0, 0.05) is 6.92 Å². The van der Waals surface area contributed by atoms with Crippen LogP contribution in [0.2, 0.25) is 0 Å². The molecule has 1 atom stereocenters. The van der Waals surface area contributed by atoms with Gasteiger partial charge in [0.1, 0.15) is 5.60 Å². The van der Waals surface area contributed by atoms with Gasteiger partial charge in [-0.15, -0.1) is 0 Å².